The van der Waals surface area contributed by atoms with Crippen LogP contribution < -0.4 is 44.0 Å². The summed E-state index contributed by atoms with van der Waals surface area (Å²) in [6, 6.07) is -5.35. The molecule has 3 fully saturated rings. The lowest BCUT2D eigenvalue weighted by Gasteiger charge is -2.49. The van der Waals surface area contributed by atoms with Gasteiger partial charge >= 0.3 is 21.3 Å². The number of unbranched alkanes of at least 4 members (excludes halogenated alkanes) is 1. The maximum Gasteiger partial charge on any atom is 0.483 e. The largest absolute Gasteiger partial charge is 0.483 e. The molecule has 5 amide bonds. The fourth-order valence-corrected chi connectivity index (χ4v) is 9.73. The van der Waals surface area contributed by atoms with Crippen LogP contribution >= 0.6 is 15.6 Å². The summed E-state index contributed by atoms with van der Waals surface area (Å²) in [4.78, 5) is 111. The molecule has 4 rings (SSSR count). The van der Waals surface area contributed by atoms with Crippen molar-refractivity contribution >= 4 is 45.2 Å². The Morgan fingerprint density at radius 1 is 0.806 bits per heavy atom. The number of nitrogens with two attached hydrogens (primary N) is 2. The van der Waals surface area contributed by atoms with E-state index in [1.54, 1.807) is 0 Å². The van der Waals surface area contributed by atoms with E-state index in [1.165, 1.54) is 6.92 Å². The first-order chi connectivity index (χ1) is 33.6. The highest BCUT2D eigenvalue weighted by Gasteiger charge is 2.55. The van der Waals surface area contributed by atoms with Crippen LogP contribution in [0.2, 0.25) is 0 Å². The topological polar surface area (TPSA) is 510 Å². The van der Waals surface area contributed by atoms with Crippen LogP contribution in [0.5, 0.6) is 0 Å². The highest BCUT2D eigenvalue weighted by molar-refractivity contribution is 7.61. The van der Waals surface area contributed by atoms with E-state index in [4.69, 9.17) is 44.2 Å². The summed E-state index contributed by atoms with van der Waals surface area (Å²) in [7, 11) is -11.9. The first-order valence-corrected chi connectivity index (χ1v) is 25.0. The van der Waals surface area contributed by atoms with Crippen LogP contribution in [0.3, 0.4) is 0 Å². The molecule has 3 aliphatic rings. The minimum Gasteiger partial charge on any atom is -0.394 e. The molecular weight excluding hydrogens is 1020 g/mol. The second-order valence-electron chi connectivity index (χ2n) is 16.7. The number of H-pyrrole nitrogens is 1. The molecule has 0 aliphatic carbocycles. The molecule has 0 spiro atoms. The Bertz CT molecular complexity index is 2260. The SMILES string of the molecule is CC(=O)N[C@H]1[C@H](O[C@H]2[C@H](O[C@H](C)C(=O)N[C@@H](C)C(=O)N[C@@H](CCCCN)C(N)=O)[C@@H](NC(C)=O)[C@@H](OP(=O)(O)OP(=O)(O)OC[C@H]3O[C@@H](n4ccc(=O)[nH]c4=O)[C@H](O)[C@@H]3O)O[C@@H]2CO)O[C@H](CO)[C@@H](O)[C@@H]1O. The normalized spacial score (nSPS) is 32.5. The Balaban J connectivity index is 1.63. The summed E-state index contributed by atoms with van der Waals surface area (Å²) >= 11 is 0. The van der Waals surface area contributed by atoms with Crippen molar-refractivity contribution < 1.29 is 111 Å². The van der Waals surface area contributed by atoms with E-state index < -0.39 is 180 Å². The molecule has 72 heavy (non-hydrogen) atoms. The molecule has 35 heteroatoms. The van der Waals surface area contributed by atoms with Crippen LogP contribution in [-0.4, -0.2) is 204 Å². The van der Waals surface area contributed by atoms with E-state index in [-0.39, 0.29) is 6.42 Å². The predicted octanol–water partition coefficient (Wildman–Crippen LogP) is -7.67. The summed E-state index contributed by atoms with van der Waals surface area (Å²) in [6.07, 6.45) is -22.5. The third-order valence-corrected chi connectivity index (χ3v) is 13.7. The molecule has 0 bridgehead atoms. The summed E-state index contributed by atoms with van der Waals surface area (Å²) in [5.41, 5.74) is 9.05. The van der Waals surface area contributed by atoms with E-state index in [1.807, 2.05) is 4.98 Å². The average Bonchev–Trinajstić information content (AvgIpc) is 3.57. The number of hydrogen-bond acceptors (Lipinski definition) is 24. The highest BCUT2D eigenvalue weighted by Crippen LogP contribution is 2.61. The zero-order chi connectivity index (χ0) is 54.0. The second-order valence-corrected chi connectivity index (χ2v) is 19.7. The number of nitrogens with zero attached hydrogens (tertiary/aromatic N) is 1. The Hall–Kier alpha value is -4.19. The number of phosphoric ester groups is 2. The van der Waals surface area contributed by atoms with Gasteiger partial charge in [0.1, 0.15) is 85.2 Å². The van der Waals surface area contributed by atoms with Gasteiger partial charge in [-0.25, -0.2) is 13.9 Å². The quantitative estimate of drug-likeness (QED) is 0.0319. The molecule has 3 saturated heterocycles. The minimum atomic E-state index is -6.05. The molecule has 17 N–H and O–H groups in total. The summed E-state index contributed by atoms with van der Waals surface area (Å²) < 4.78 is 70.5. The molecular formula is C37H62N8O25P2. The van der Waals surface area contributed by atoms with Crippen LogP contribution in [-0.2, 0) is 70.1 Å². The van der Waals surface area contributed by atoms with Crippen molar-refractivity contribution in [2.24, 2.45) is 11.5 Å². The molecule has 19 atom stereocenters. The van der Waals surface area contributed by atoms with Crippen molar-refractivity contribution in [1.29, 1.82) is 0 Å². The number of rotatable bonds is 25. The number of carbonyl (C=O) groups is 5. The number of aromatic nitrogens is 2. The van der Waals surface area contributed by atoms with Crippen molar-refractivity contribution in [3.05, 3.63) is 33.1 Å². The van der Waals surface area contributed by atoms with E-state index in [0.717, 1.165) is 33.0 Å². The number of phosphoric acid groups is 2. The van der Waals surface area contributed by atoms with Crippen molar-refractivity contribution in [2.45, 2.75) is 151 Å². The van der Waals surface area contributed by atoms with Gasteiger partial charge in [-0.2, -0.15) is 4.31 Å². The van der Waals surface area contributed by atoms with Crippen molar-refractivity contribution in [2.75, 3.05) is 26.4 Å². The first kappa shape index (κ1) is 60.4. The summed E-state index contributed by atoms with van der Waals surface area (Å²) in [5, 5.41) is 72.6. The van der Waals surface area contributed by atoms with Crippen LogP contribution in [0.25, 0.3) is 0 Å². The molecule has 0 aromatic carbocycles. The number of aliphatic hydroxyl groups is 6. The molecule has 1 aromatic heterocycles. The fourth-order valence-electron chi connectivity index (χ4n) is 7.56. The average molecular weight is 1080 g/mol. The lowest BCUT2D eigenvalue weighted by atomic mass is 9.94. The van der Waals surface area contributed by atoms with Gasteiger partial charge in [-0.15, -0.1) is 0 Å². The standard InChI is InChI=1S/C37H62N8O25P2/c1-14(32(56)43-18(31(39)55)7-5-6-9-38)40-33(57)15(2)64-30-24(42-17(4)49)36(67-20(12-47)29(30)68-35-23(41-16(3)48)27(53)25(51)19(11-46)66-35)69-72(61,62)70-71(59,60)63-13-21-26(52)28(54)34(65-21)45-10-8-22(50)44-37(45)58/h8,10,14-15,18-21,23-30,34-36,46-47,51-54H,5-7,9,11-13,38H2,1-4H3,(H2,39,55)(H,40,57)(H,41,48)(H,42,49)(H,43,56)(H,59,60)(H,61,62)(H,44,50,58)/t14-,15+,18-,19+,20+,21+,23+,24+,25+,26+,27+,28+,29+,30+,34+,35-,36+/m0/s1. The van der Waals surface area contributed by atoms with Crippen LogP contribution in [0.4, 0.5) is 0 Å². The minimum absolute atomic E-state index is 0.122. The number of aromatic amines is 1. The molecule has 2 unspecified atom stereocenters. The number of amides is 5. The number of primary amides is 1. The van der Waals surface area contributed by atoms with Crippen LogP contribution in [0.15, 0.2) is 21.9 Å². The monoisotopic (exact) mass is 1080 g/mol. The smallest absolute Gasteiger partial charge is 0.394 e. The Morgan fingerprint density at radius 3 is 2.00 bits per heavy atom. The number of nitrogens with one attached hydrogen (secondary N) is 5. The molecule has 3 aliphatic heterocycles. The molecule has 4 heterocycles. The summed E-state index contributed by atoms with van der Waals surface area (Å²) in [6.45, 7) is 1.27. The van der Waals surface area contributed by atoms with Gasteiger partial charge in [0, 0.05) is 26.1 Å². The van der Waals surface area contributed by atoms with E-state index in [2.05, 4.69) is 25.6 Å². The Kier molecular flexibility index (Phi) is 22.1. The second kappa shape index (κ2) is 26.3. The highest BCUT2D eigenvalue weighted by atomic mass is 31.3. The Morgan fingerprint density at radius 2 is 1.42 bits per heavy atom. The third-order valence-electron chi connectivity index (χ3n) is 11.1. The molecule has 33 nitrogen and oxygen atoms in total. The van der Waals surface area contributed by atoms with Gasteiger partial charge in [0.2, 0.25) is 29.5 Å². The zero-order valence-corrected chi connectivity index (χ0v) is 40.7. The van der Waals surface area contributed by atoms with Gasteiger partial charge < -0.3 is 96.8 Å². The molecule has 410 valence electrons. The van der Waals surface area contributed by atoms with E-state index in [9.17, 15) is 83.1 Å². The maximum absolute atomic E-state index is 13.7. The number of hydrogen-bond donors (Lipinski definition) is 15. The van der Waals surface area contributed by atoms with E-state index in [0.29, 0.717) is 24.0 Å². The summed E-state index contributed by atoms with van der Waals surface area (Å²) in [5.74, 6) is -4.62. The third kappa shape index (κ3) is 16.2. The number of carbonyl (C=O) groups excluding carboxylic acids is 5. The van der Waals surface area contributed by atoms with Crippen LogP contribution in [0, 0.1) is 0 Å². The predicted molar refractivity (Wildman–Crippen MR) is 235 cm³/mol. The van der Waals surface area contributed by atoms with Gasteiger partial charge in [0.05, 0.1) is 19.8 Å². The van der Waals surface area contributed by atoms with Gasteiger partial charge in [-0.1, -0.05) is 0 Å². The van der Waals surface area contributed by atoms with Crippen molar-refractivity contribution in [3.63, 3.8) is 0 Å². The lowest BCUT2D eigenvalue weighted by molar-refractivity contribution is -0.331. The maximum atomic E-state index is 13.7. The van der Waals surface area contributed by atoms with Crippen molar-refractivity contribution in [1.82, 2.24) is 30.8 Å². The number of aliphatic hydroxyl groups excluding tert-OH is 6. The molecule has 0 radical (unpaired) electrons. The van der Waals surface area contributed by atoms with Gasteiger partial charge in [0.15, 0.2) is 18.8 Å². The number of ether oxygens (including phenoxy) is 5. The van der Waals surface area contributed by atoms with Crippen molar-refractivity contribution in [3.8, 4) is 0 Å². The Labute approximate surface area is 407 Å². The first-order valence-electron chi connectivity index (χ1n) is 22.0. The lowest BCUT2D eigenvalue weighted by Crippen LogP contribution is -2.70. The zero-order valence-electron chi connectivity index (χ0n) is 38.9. The molecule has 1 aromatic rings. The van der Waals surface area contributed by atoms with Crippen LogP contribution in [0.1, 0.15) is 53.2 Å². The van der Waals surface area contributed by atoms with Gasteiger partial charge in [0.25, 0.3) is 5.56 Å². The van der Waals surface area contributed by atoms with Gasteiger partial charge in [-0.05, 0) is 39.7 Å². The van der Waals surface area contributed by atoms with Gasteiger partial charge in [-0.3, -0.25) is 47.4 Å². The molecule has 0 saturated carbocycles. The fraction of sp³-hybridized carbons (Fsp3) is 0.757. The van der Waals surface area contributed by atoms with E-state index >= 15 is 0 Å².